The number of likely N-dealkylation sites (tertiary alicyclic amines) is 1. The molecule has 0 spiro atoms. The largest absolute Gasteiger partial charge is 0.299 e. The van der Waals surface area contributed by atoms with Crippen molar-refractivity contribution in [2.24, 2.45) is 0 Å². The second-order valence-electron chi connectivity index (χ2n) is 4.77. The van der Waals surface area contributed by atoms with Crippen LogP contribution in [-0.4, -0.2) is 18.0 Å². The van der Waals surface area contributed by atoms with Crippen molar-refractivity contribution >= 4 is 15.9 Å². The molecule has 0 aliphatic carbocycles. The predicted molar refractivity (Wildman–Crippen MR) is 72.6 cm³/mol. The molecule has 1 nitrogen and oxygen atoms in total. The summed E-state index contributed by atoms with van der Waals surface area (Å²) in [5.41, 5.74) is 2.75. The van der Waals surface area contributed by atoms with Gasteiger partial charge in [0, 0.05) is 11.0 Å². The molecule has 1 aliphatic rings. The summed E-state index contributed by atoms with van der Waals surface area (Å²) in [6.07, 6.45) is 5.56. The minimum absolute atomic E-state index is 1.11. The van der Waals surface area contributed by atoms with Crippen LogP contribution in [0.25, 0.3) is 0 Å². The van der Waals surface area contributed by atoms with E-state index in [1.807, 2.05) is 0 Å². The molecule has 1 aromatic carbocycles. The minimum Gasteiger partial charge on any atom is -0.299 e. The van der Waals surface area contributed by atoms with Crippen LogP contribution in [0, 0.1) is 6.92 Å². The number of benzene rings is 1. The Hall–Kier alpha value is -0.340. The van der Waals surface area contributed by atoms with Gasteiger partial charge in [0.2, 0.25) is 0 Å². The van der Waals surface area contributed by atoms with Crippen molar-refractivity contribution in [3.63, 3.8) is 0 Å². The lowest BCUT2D eigenvalue weighted by molar-refractivity contribution is 0.277. The molecule has 0 unspecified atom stereocenters. The van der Waals surface area contributed by atoms with Crippen LogP contribution in [0.2, 0.25) is 0 Å². The summed E-state index contributed by atoms with van der Waals surface area (Å²) in [4.78, 5) is 2.59. The van der Waals surface area contributed by atoms with Crippen LogP contribution in [0.5, 0.6) is 0 Å². The third-order valence-corrected chi connectivity index (χ3v) is 4.20. The molecule has 0 amide bonds. The van der Waals surface area contributed by atoms with Gasteiger partial charge in [-0.25, -0.2) is 0 Å². The van der Waals surface area contributed by atoms with Crippen molar-refractivity contribution in [2.45, 2.75) is 39.2 Å². The first-order chi connectivity index (χ1) is 7.75. The SMILES string of the molecule is Cc1ccc(CN2CCCCCC2)cc1Br. The molecule has 0 radical (unpaired) electrons. The number of hydrogen-bond acceptors (Lipinski definition) is 1. The first-order valence-corrected chi connectivity index (χ1v) is 7.02. The Balaban J connectivity index is 1.99. The van der Waals surface area contributed by atoms with Crippen LogP contribution in [0.15, 0.2) is 22.7 Å². The van der Waals surface area contributed by atoms with E-state index in [0.717, 1.165) is 6.54 Å². The Bertz CT molecular complexity index is 341. The fourth-order valence-electron chi connectivity index (χ4n) is 2.29. The summed E-state index contributed by atoms with van der Waals surface area (Å²) in [6, 6.07) is 6.72. The van der Waals surface area contributed by atoms with Gasteiger partial charge in [0.05, 0.1) is 0 Å². The molecular formula is C14H20BrN. The predicted octanol–water partition coefficient (Wildman–Crippen LogP) is 4.13. The molecule has 1 heterocycles. The Morgan fingerprint density at radius 3 is 2.44 bits per heavy atom. The maximum atomic E-state index is 3.61. The molecule has 1 saturated heterocycles. The first-order valence-electron chi connectivity index (χ1n) is 6.23. The van der Waals surface area contributed by atoms with Crippen LogP contribution >= 0.6 is 15.9 Å². The van der Waals surface area contributed by atoms with Crippen LogP contribution < -0.4 is 0 Å². The van der Waals surface area contributed by atoms with Gasteiger partial charge in [-0.15, -0.1) is 0 Å². The van der Waals surface area contributed by atoms with Gasteiger partial charge >= 0.3 is 0 Å². The number of hydrogen-bond donors (Lipinski definition) is 0. The lowest BCUT2D eigenvalue weighted by atomic mass is 10.1. The average Bonchev–Trinajstić information content (AvgIpc) is 2.52. The monoisotopic (exact) mass is 281 g/mol. The molecule has 0 saturated carbocycles. The van der Waals surface area contributed by atoms with E-state index in [4.69, 9.17) is 0 Å². The van der Waals surface area contributed by atoms with Crippen molar-refractivity contribution in [3.8, 4) is 0 Å². The molecular weight excluding hydrogens is 262 g/mol. The molecule has 2 heteroatoms. The molecule has 1 fully saturated rings. The Morgan fingerprint density at radius 2 is 1.81 bits per heavy atom. The van der Waals surface area contributed by atoms with Gasteiger partial charge in [-0.1, -0.05) is 40.9 Å². The molecule has 2 rings (SSSR count). The number of aryl methyl sites for hydroxylation is 1. The van der Waals surface area contributed by atoms with Crippen LogP contribution in [-0.2, 0) is 6.54 Å². The summed E-state index contributed by atoms with van der Waals surface area (Å²) in [5, 5.41) is 0. The van der Waals surface area contributed by atoms with E-state index in [9.17, 15) is 0 Å². The second kappa shape index (κ2) is 5.83. The molecule has 0 N–H and O–H groups in total. The Kier molecular flexibility index (Phi) is 4.42. The quantitative estimate of drug-likeness (QED) is 0.788. The third kappa shape index (κ3) is 3.33. The van der Waals surface area contributed by atoms with E-state index in [1.165, 1.54) is 54.4 Å². The maximum absolute atomic E-state index is 3.61. The number of halogens is 1. The topological polar surface area (TPSA) is 3.24 Å². The zero-order valence-corrected chi connectivity index (χ0v) is 11.6. The van der Waals surface area contributed by atoms with Gasteiger partial charge in [0.15, 0.2) is 0 Å². The molecule has 0 aromatic heterocycles. The second-order valence-corrected chi connectivity index (χ2v) is 5.63. The fourth-order valence-corrected chi connectivity index (χ4v) is 2.71. The molecule has 0 atom stereocenters. The smallest absolute Gasteiger partial charge is 0.0234 e. The normalized spacial score (nSPS) is 18.4. The van der Waals surface area contributed by atoms with Crippen LogP contribution in [0.3, 0.4) is 0 Å². The summed E-state index contributed by atoms with van der Waals surface area (Å²) < 4.78 is 1.24. The summed E-state index contributed by atoms with van der Waals surface area (Å²) >= 11 is 3.61. The number of rotatable bonds is 2. The van der Waals surface area contributed by atoms with Crippen LogP contribution in [0.1, 0.15) is 36.8 Å². The van der Waals surface area contributed by atoms with E-state index in [1.54, 1.807) is 0 Å². The highest BCUT2D eigenvalue weighted by Gasteiger charge is 2.09. The standard InChI is InChI=1S/C14H20BrN/c1-12-6-7-13(10-14(12)15)11-16-8-4-2-3-5-9-16/h6-7,10H,2-5,8-9,11H2,1H3. The van der Waals surface area contributed by atoms with Crippen molar-refractivity contribution in [2.75, 3.05) is 13.1 Å². The zero-order chi connectivity index (χ0) is 11.4. The van der Waals surface area contributed by atoms with Crippen LogP contribution in [0.4, 0.5) is 0 Å². The van der Waals surface area contributed by atoms with Gasteiger partial charge in [0.25, 0.3) is 0 Å². The molecule has 88 valence electrons. The Labute approximate surface area is 107 Å². The average molecular weight is 282 g/mol. The van der Waals surface area contributed by atoms with Crippen molar-refractivity contribution in [1.29, 1.82) is 0 Å². The summed E-state index contributed by atoms with van der Waals surface area (Å²) in [6.45, 7) is 5.79. The highest BCUT2D eigenvalue weighted by molar-refractivity contribution is 9.10. The minimum atomic E-state index is 1.11. The highest BCUT2D eigenvalue weighted by atomic mass is 79.9. The van der Waals surface area contributed by atoms with E-state index < -0.39 is 0 Å². The molecule has 16 heavy (non-hydrogen) atoms. The van der Waals surface area contributed by atoms with Gasteiger partial charge < -0.3 is 0 Å². The first kappa shape index (κ1) is 12.1. The summed E-state index contributed by atoms with van der Waals surface area (Å²) in [7, 11) is 0. The van der Waals surface area contributed by atoms with E-state index >= 15 is 0 Å². The lowest BCUT2D eigenvalue weighted by Crippen LogP contribution is -2.23. The van der Waals surface area contributed by atoms with E-state index in [0.29, 0.717) is 0 Å². The third-order valence-electron chi connectivity index (χ3n) is 3.34. The zero-order valence-electron chi connectivity index (χ0n) is 10.0. The molecule has 0 bridgehead atoms. The van der Waals surface area contributed by atoms with Gasteiger partial charge in [-0.3, -0.25) is 4.90 Å². The summed E-state index contributed by atoms with van der Waals surface area (Å²) in [5.74, 6) is 0. The molecule has 1 aromatic rings. The van der Waals surface area contributed by atoms with Gasteiger partial charge in [0.1, 0.15) is 0 Å². The van der Waals surface area contributed by atoms with Crippen molar-refractivity contribution in [3.05, 3.63) is 33.8 Å². The van der Waals surface area contributed by atoms with Gasteiger partial charge in [-0.2, -0.15) is 0 Å². The van der Waals surface area contributed by atoms with Crippen molar-refractivity contribution < 1.29 is 0 Å². The van der Waals surface area contributed by atoms with Crippen molar-refractivity contribution in [1.82, 2.24) is 4.90 Å². The van der Waals surface area contributed by atoms with E-state index in [2.05, 4.69) is 46.0 Å². The molecule has 1 aliphatic heterocycles. The highest BCUT2D eigenvalue weighted by Crippen LogP contribution is 2.19. The van der Waals surface area contributed by atoms with E-state index in [-0.39, 0.29) is 0 Å². The number of nitrogens with zero attached hydrogens (tertiary/aromatic N) is 1. The van der Waals surface area contributed by atoms with Gasteiger partial charge in [-0.05, 0) is 50.0 Å². The lowest BCUT2D eigenvalue weighted by Gasteiger charge is -2.20. The maximum Gasteiger partial charge on any atom is 0.0234 e. The Morgan fingerprint density at radius 1 is 1.12 bits per heavy atom. The fraction of sp³-hybridized carbons (Fsp3) is 0.571.